The van der Waals surface area contributed by atoms with Crippen LogP contribution < -0.4 is 10.1 Å². The molecule has 1 aliphatic rings. The maximum atomic E-state index is 12.3. The molecule has 1 aliphatic heterocycles. The van der Waals surface area contributed by atoms with Gasteiger partial charge in [-0.1, -0.05) is 29.8 Å². The van der Waals surface area contributed by atoms with Crippen LogP contribution in [0.15, 0.2) is 48.8 Å². The molecule has 6 nitrogen and oxygen atoms in total. The third-order valence-corrected chi connectivity index (χ3v) is 4.54. The molecule has 0 saturated carbocycles. The first-order chi connectivity index (χ1) is 12.6. The fraction of sp³-hybridized carbons (Fsp3) is 0.316. The normalized spacial score (nSPS) is 14.7. The fourth-order valence-electron chi connectivity index (χ4n) is 2.82. The van der Waals surface area contributed by atoms with Gasteiger partial charge in [0.1, 0.15) is 16.9 Å². The van der Waals surface area contributed by atoms with E-state index in [9.17, 15) is 9.59 Å². The lowest BCUT2D eigenvalue weighted by atomic mass is 10.1. The third-order valence-electron chi connectivity index (χ3n) is 4.26. The van der Waals surface area contributed by atoms with Crippen LogP contribution in [0.3, 0.4) is 0 Å². The number of hydrogen-bond acceptors (Lipinski definition) is 4. The topological polar surface area (TPSA) is 71.5 Å². The van der Waals surface area contributed by atoms with Crippen LogP contribution in [-0.4, -0.2) is 47.4 Å². The zero-order valence-corrected chi connectivity index (χ0v) is 15.0. The molecule has 1 saturated heterocycles. The van der Waals surface area contributed by atoms with Gasteiger partial charge in [-0.2, -0.15) is 0 Å². The van der Waals surface area contributed by atoms with Gasteiger partial charge in [-0.25, -0.2) is 0 Å². The van der Waals surface area contributed by atoms with Crippen LogP contribution >= 0.6 is 11.6 Å². The van der Waals surface area contributed by atoms with Crippen molar-refractivity contribution in [2.75, 3.05) is 19.6 Å². The van der Waals surface area contributed by atoms with E-state index in [1.807, 2.05) is 6.07 Å². The number of pyridine rings is 1. The van der Waals surface area contributed by atoms with E-state index in [0.717, 1.165) is 12.8 Å². The smallest absolute Gasteiger partial charge is 0.251 e. The summed E-state index contributed by atoms with van der Waals surface area (Å²) in [5.74, 6) is 0.278. The minimum Gasteiger partial charge on any atom is -0.489 e. The number of hydrogen-bond donors (Lipinski definition) is 1. The number of likely N-dealkylation sites (tertiary alicyclic amines) is 1. The highest BCUT2D eigenvalue weighted by Gasteiger charge is 2.24. The molecule has 1 N–H and O–H groups in total. The predicted molar refractivity (Wildman–Crippen MR) is 98.3 cm³/mol. The Bertz CT molecular complexity index is 762. The molecule has 0 bridgehead atoms. The minimum atomic E-state index is -0.246. The molecule has 0 radical (unpaired) electrons. The summed E-state index contributed by atoms with van der Waals surface area (Å²) >= 11 is 6.05. The number of halogens is 1. The first-order valence-electron chi connectivity index (χ1n) is 8.50. The maximum absolute atomic E-state index is 12.3. The van der Waals surface area contributed by atoms with Gasteiger partial charge in [-0.05, 0) is 12.1 Å². The highest BCUT2D eigenvalue weighted by atomic mass is 35.5. The molecule has 2 amide bonds. The van der Waals surface area contributed by atoms with Crippen molar-refractivity contribution in [3.05, 3.63) is 59.4 Å². The first kappa shape index (κ1) is 18.2. The second-order valence-corrected chi connectivity index (χ2v) is 6.46. The van der Waals surface area contributed by atoms with Crippen LogP contribution in [0.5, 0.6) is 5.75 Å². The molecule has 0 unspecified atom stereocenters. The van der Waals surface area contributed by atoms with Gasteiger partial charge in [0.2, 0.25) is 5.91 Å². The third kappa shape index (κ3) is 4.73. The number of nitrogens with zero attached hydrogens (tertiary/aromatic N) is 2. The van der Waals surface area contributed by atoms with Gasteiger partial charge < -0.3 is 15.0 Å². The van der Waals surface area contributed by atoms with Crippen molar-refractivity contribution in [1.82, 2.24) is 15.2 Å². The molecule has 7 heteroatoms. The number of carbonyl (C=O) groups is 2. The molecule has 0 spiro atoms. The Morgan fingerprint density at radius 1 is 1.19 bits per heavy atom. The van der Waals surface area contributed by atoms with Crippen molar-refractivity contribution >= 4 is 23.4 Å². The molecule has 2 heterocycles. The monoisotopic (exact) mass is 373 g/mol. The van der Waals surface area contributed by atoms with Crippen LogP contribution in [0.25, 0.3) is 0 Å². The number of rotatable bonds is 5. The van der Waals surface area contributed by atoms with E-state index < -0.39 is 0 Å². The Labute approximate surface area is 157 Å². The van der Waals surface area contributed by atoms with Gasteiger partial charge in [-0.15, -0.1) is 0 Å². The Hall–Kier alpha value is -2.60. The Kier molecular flexibility index (Phi) is 6.07. The number of nitrogens with one attached hydrogen (secondary N) is 1. The molecule has 0 atom stereocenters. The molecular formula is C19H20ClN3O3. The number of amides is 2. The van der Waals surface area contributed by atoms with Gasteiger partial charge in [0.25, 0.3) is 5.91 Å². The van der Waals surface area contributed by atoms with Gasteiger partial charge in [0.15, 0.2) is 0 Å². The summed E-state index contributed by atoms with van der Waals surface area (Å²) in [4.78, 5) is 30.0. The minimum absolute atomic E-state index is 0.00453. The maximum Gasteiger partial charge on any atom is 0.251 e. The summed E-state index contributed by atoms with van der Waals surface area (Å²) in [6, 6.07) is 10.6. The van der Waals surface area contributed by atoms with E-state index in [2.05, 4.69) is 10.3 Å². The average Bonchev–Trinajstić information content (AvgIpc) is 2.69. The summed E-state index contributed by atoms with van der Waals surface area (Å²) in [5.41, 5.74) is 0.543. The van der Waals surface area contributed by atoms with Crippen molar-refractivity contribution in [3.8, 4) is 5.75 Å². The Morgan fingerprint density at radius 2 is 1.92 bits per heavy atom. The van der Waals surface area contributed by atoms with E-state index in [1.165, 1.54) is 0 Å². The van der Waals surface area contributed by atoms with Crippen LogP contribution in [0.4, 0.5) is 0 Å². The van der Waals surface area contributed by atoms with Gasteiger partial charge in [0, 0.05) is 50.0 Å². The van der Waals surface area contributed by atoms with E-state index in [0.29, 0.717) is 29.4 Å². The molecule has 136 valence electrons. The summed E-state index contributed by atoms with van der Waals surface area (Å²) in [5, 5.41) is 3.15. The highest BCUT2D eigenvalue weighted by molar-refractivity contribution is 6.31. The summed E-state index contributed by atoms with van der Waals surface area (Å²) in [6.45, 7) is 1.18. The summed E-state index contributed by atoms with van der Waals surface area (Å²) in [7, 11) is 0. The molecule has 1 aromatic carbocycles. The number of benzene rings is 1. The SMILES string of the molecule is O=C(NCC(=O)N1CCC(Oc2ccncc2Cl)CC1)c1ccccc1. The number of aromatic nitrogens is 1. The van der Waals surface area contributed by atoms with Crippen molar-refractivity contribution < 1.29 is 14.3 Å². The molecule has 26 heavy (non-hydrogen) atoms. The lowest BCUT2D eigenvalue weighted by Gasteiger charge is -2.32. The van der Waals surface area contributed by atoms with Crippen molar-refractivity contribution in [2.45, 2.75) is 18.9 Å². The van der Waals surface area contributed by atoms with Gasteiger partial charge >= 0.3 is 0 Å². The quantitative estimate of drug-likeness (QED) is 0.874. The zero-order chi connectivity index (χ0) is 18.4. The second kappa shape index (κ2) is 8.67. The van der Waals surface area contributed by atoms with Crippen molar-refractivity contribution in [1.29, 1.82) is 0 Å². The largest absolute Gasteiger partial charge is 0.489 e. The summed E-state index contributed by atoms with van der Waals surface area (Å²) < 4.78 is 5.89. The number of carbonyl (C=O) groups excluding carboxylic acids is 2. The van der Waals surface area contributed by atoms with Crippen LogP contribution in [0.1, 0.15) is 23.2 Å². The first-order valence-corrected chi connectivity index (χ1v) is 8.88. The molecule has 0 aliphatic carbocycles. The van der Waals surface area contributed by atoms with E-state index in [-0.39, 0.29) is 24.5 Å². The Balaban J connectivity index is 1.43. The van der Waals surface area contributed by atoms with E-state index in [4.69, 9.17) is 16.3 Å². The second-order valence-electron chi connectivity index (χ2n) is 6.05. The lowest BCUT2D eigenvalue weighted by Crippen LogP contribution is -2.46. The molecule has 3 rings (SSSR count). The fourth-order valence-corrected chi connectivity index (χ4v) is 2.98. The number of piperidine rings is 1. The zero-order valence-electron chi connectivity index (χ0n) is 14.2. The molecule has 1 fully saturated rings. The van der Waals surface area contributed by atoms with Crippen molar-refractivity contribution in [3.63, 3.8) is 0 Å². The van der Waals surface area contributed by atoms with Crippen LogP contribution in [0.2, 0.25) is 5.02 Å². The highest BCUT2D eigenvalue weighted by Crippen LogP contribution is 2.25. The van der Waals surface area contributed by atoms with Gasteiger partial charge in [-0.3, -0.25) is 14.6 Å². The lowest BCUT2D eigenvalue weighted by molar-refractivity contribution is -0.131. The molecular weight excluding hydrogens is 354 g/mol. The van der Waals surface area contributed by atoms with Crippen LogP contribution in [-0.2, 0) is 4.79 Å². The standard InChI is InChI=1S/C19H20ClN3O3/c20-16-12-21-9-6-17(16)26-15-7-10-23(11-8-15)18(24)13-22-19(25)14-4-2-1-3-5-14/h1-6,9,12,15H,7-8,10-11,13H2,(H,22,25). The summed E-state index contributed by atoms with van der Waals surface area (Å²) in [6.07, 6.45) is 4.63. The predicted octanol–water partition coefficient (Wildman–Crippen LogP) is 2.53. The average molecular weight is 374 g/mol. The van der Waals surface area contributed by atoms with Crippen molar-refractivity contribution in [2.24, 2.45) is 0 Å². The van der Waals surface area contributed by atoms with E-state index >= 15 is 0 Å². The molecule has 2 aromatic rings. The van der Waals surface area contributed by atoms with E-state index in [1.54, 1.807) is 47.6 Å². The van der Waals surface area contributed by atoms with Crippen LogP contribution in [0, 0.1) is 0 Å². The number of ether oxygens (including phenoxy) is 1. The molecule has 1 aromatic heterocycles. The Morgan fingerprint density at radius 3 is 2.62 bits per heavy atom. The van der Waals surface area contributed by atoms with Gasteiger partial charge in [0.05, 0.1) is 6.54 Å².